The Morgan fingerprint density at radius 2 is 2.53 bits per heavy atom. The molecular formula is C11H12N2OS. The minimum atomic E-state index is 0.220. The fourth-order valence-corrected chi connectivity index (χ4v) is 2.67. The predicted molar refractivity (Wildman–Crippen MR) is 59.1 cm³/mol. The fraction of sp³-hybridized carbons (Fsp3) is 0.364. The highest BCUT2D eigenvalue weighted by atomic mass is 32.1. The Hall–Kier alpha value is -1.13. The molecule has 0 fully saturated rings. The first-order valence-electron chi connectivity index (χ1n) is 5.06. The lowest BCUT2D eigenvalue weighted by atomic mass is 10.00. The number of hydrogen-bond donors (Lipinski definition) is 1. The first-order chi connectivity index (χ1) is 7.34. The minimum Gasteiger partial charge on any atom is -0.469 e. The van der Waals surface area contributed by atoms with E-state index in [1.165, 1.54) is 5.56 Å². The number of nitrogens with one attached hydrogen (secondary N) is 1. The summed E-state index contributed by atoms with van der Waals surface area (Å²) in [5, 5.41) is 6.71. The largest absolute Gasteiger partial charge is 0.469 e. The second-order valence-corrected chi connectivity index (χ2v) is 4.79. The van der Waals surface area contributed by atoms with Crippen molar-refractivity contribution in [3.8, 4) is 0 Å². The monoisotopic (exact) mass is 220 g/mol. The molecule has 0 bridgehead atoms. The number of rotatable bonds is 1. The van der Waals surface area contributed by atoms with Gasteiger partial charge in [-0.05, 0) is 13.0 Å². The lowest BCUT2D eigenvalue weighted by molar-refractivity contribution is 0.453. The van der Waals surface area contributed by atoms with E-state index in [4.69, 9.17) is 4.42 Å². The summed E-state index contributed by atoms with van der Waals surface area (Å²) in [6, 6.07) is 2.26. The van der Waals surface area contributed by atoms with Crippen molar-refractivity contribution in [2.24, 2.45) is 0 Å². The van der Waals surface area contributed by atoms with Crippen LogP contribution in [0.1, 0.15) is 28.1 Å². The molecule has 0 radical (unpaired) electrons. The molecule has 1 N–H and O–H groups in total. The predicted octanol–water partition coefficient (Wildman–Crippen LogP) is 2.28. The van der Waals surface area contributed by atoms with Gasteiger partial charge in [0.25, 0.3) is 0 Å². The maximum absolute atomic E-state index is 5.45. The first-order valence-corrected chi connectivity index (χ1v) is 5.94. The van der Waals surface area contributed by atoms with Gasteiger partial charge < -0.3 is 9.73 Å². The molecular weight excluding hydrogens is 208 g/mol. The molecule has 1 aliphatic rings. The Kier molecular flexibility index (Phi) is 2.11. The summed E-state index contributed by atoms with van der Waals surface area (Å²) in [6.07, 6.45) is 2.74. The van der Waals surface area contributed by atoms with Gasteiger partial charge in [0, 0.05) is 23.9 Å². The molecule has 0 saturated carbocycles. The van der Waals surface area contributed by atoms with Crippen LogP contribution in [0.3, 0.4) is 0 Å². The number of furan rings is 1. The highest BCUT2D eigenvalue weighted by molar-refractivity contribution is 7.09. The van der Waals surface area contributed by atoms with E-state index in [1.54, 1.807) is 17.6 Å². The lowest BCUT2D eigenvalue weighted by Gasteiger charge is -2.21. The van der Waals surface area contributed by atoms with Crippen LogP contribution in [0.5, 0.6) is 0 Å². The summed E-state index contributed by atoms with van der Waals surface area (Å²) in [5.74, 6) is 1.10. The van der Waals surface area contributed by atoms with Gasteiger partial charge in [0.05, 0.1) is 23.0 Å². The SMILES string of the molecule is Cc1nc(C2NCCc3occc32)cs1. The normalized spacial score (nSPS) is 20.2. The van der Waals surface area contributed by atoms with Crippen LogP contribution in [0.15, 0.2) is 22.1 Å². The zero-order valence-electron chi connectivity index (χ0n) is 8.49. The Morgan fingerprint density at radius 3 is 3.33 bits per heavy atom. The standard InChI is InChI=1S/C11H12N2OS/c1-7-13-9(6-15-7)11-8-3-5-14-10(8)2-4-12-11/h3,5-6,11-12H,2,4H2,1H3. The van der Waals surface area contributed by atoms with Crippen molar-refractivity contribution >= 4 is 11.3 Å². The number of fused-ring (bicyclic) bond motifs is 1. The van der Waals surface area contributed by atoms with Crippen LogP contribution < -0.4 is 5.32 Å². The van der Waals surface area contributed by atoms with Gasteiger partial charge in [0.15, 0.2) is 0 Å². The number of hydrogen-bond acceptors (Lipinski definition) is 4. The van der Waals surface area contributed by atoms with Crippen LogP contribution in [0, 0.1) is 6.92 Å². The van der Waals surface area contributed by atoms with Crippen molar-refractivity contribution in [2.45, 2.75) is 19.4 Å². The highest BCUT2D eigenvalue weighted by Crippen LogP contribution is 2.29. The van der Waals surface area contributed by atoms with Crippen molar-refractivity contribution < 1.29 is 4.42 Å². The van der Waals surface area contributed by atoms with Crippen LogP contribution in [-0.4, -0.2) is 11.5 Å². The molecule has 0 spiro atoms. The van der Waals surface area contributed by atoms with Crippen LogP contribution in [0.4, 0.5) is 0 Å². The smallest absolute Gasteiger partial charge is 0.110 e. The maximum Gasteiger partial charge on any atom is 0.110 e. The third-order valence-electron chi connectivity index (χ3n) is 2.72. The number of aryl methyl sites for hydroxylation is 1. The van der Waals surface area contributed by atoms with E-state index in [0.717, 1.165) is 29.4 Å². The molecule has 0 saturated heterocycles. The van der Waals surface area contributed by atoms with E-state index in [-0.39, 0.29) is 6.04 Å². The van der Waals surface area contributed by atoms with E-state index in [2.05, 4.69) is 15.7 Å². The molecule has 0 aromatic carbocycles. The third-order valence-corrected chi connectivity index (χ3v) is 3.52. The Bertz CT molecular complexity index is 474. The summed E-state index contributed by atoms with van der Waals surface area (Å²) in [6.45, 7) is 3.00. The number of thiazole rings is 1. The van der Waals surface area contributed by atoms with E-state index in [9.17, 15) is 0 Å². The third kappa shape index (κ3) is 1.50. The summed E-state index contributed by atoms with van der Waals surface area (Å²) in [5.41, 5.74) is 2.35. The van der Waals surface area contributed by atoms with Gasteiger partial charge >= 0.3 is 0 Å². The molecule has 3 rings (SSSR count). The van der Waals surface area contributed by atoms with Gasteiger partial charge in [0.1, 0.15) is 5.76 Å². The van der Waals surface area contributed by atoms with E-state index in [1.807, 2.05) is 13.0 Å². The Labute approximate surface area is 92.1 Å². The molecule has 0 aliphatic carbocycles. The van der Waals surface area contributed by atoms with Crippen molar-refractivity contribution in [2.75, 3.05) is 6.54 Å². The molecule has 0 amide bonds. The van der Waals surface area contributed by atoms with Crippen molar-refractivity contribution in [3.63, 3.8) is 0 Å². The zero-order chi connectivity index (χ0) is 10.3. The van der Waals surface area contributed by atoms with Crippen LogP contribution >= 0.6 is 11.3 Å². The molecule has 2 aromatic rings. The maximum atomic E-state index is 5.45. The van der Waals surface area contributed by atoms with Gasteiger partial charge in [-0.15, -0.1) is 11.3 Å². The Morgan fingerprint density at radius 1 is 1.60 bits per heavy atom. The lowest BCUT2D eigenvalue weighted by Crippen LogP contribution is -2.29. The van der Waals surface area contributed by atoms with Crippen molar-refractivity contribution in [1.29, 1.82) is 0 Å². The highest BCUT2D eigenvalue weighted by Gasteiger charge is 2.24. The van der Waals surface area contributed by atoms with Crippen molar-refractivity contribution in [3.05, 3.63) is 39.7 Å². The average Bonchev–Trinajstić information content (AvgIpc) is 2.84. The van der Waals surface area contributed by atoms with Crippen molar-refractivity contribution in [1.82, 2.24) is 10.3 Å². The van der Waals surface area contributed by atoms with E-state index >= 15 is 0 Å². The molecule has 2 aromatic heterocycles. The molecule has 1 unspecified atom stereocenters. The van der Waals surface area contributed by atoms with Crippen LogP contribution in [0.25, 0.3) is 0 Å². The molecule has 15 heavy (non-hydrogen) atoms. The summed E-state index contributed by atoms with van der Waals surface area (Å²) >= 11 is 1.69. The molecule has 4 heteroatoms. The van der Waals surface area contributed by atoms with Gasteiger partial charge in [-0.25, -0.2) is 4.98 Å². The number of nitrogens with zero attached hydrogens (tertiary/aromatic N) is 1. The number of aromatic nitrogens is 1. The first kappa shape index (κ1) is 9.12. The average molecular weight is 220 g/mol. The summed E-state index contributed by atoms with van der Waals surface area (Å²) in [7, 11) is 0. The second kappa shape index (κ2) is 3.47. The van der Waals surface area contributed by atoms with Gasteiger partial charge in [-0.1, -0.05) is 0 Å². The topological polar surface area (TPSA) is 38.1 Å². The van der Waals surface area contributed by atoms with Gasteiger partial charge in [-0.3, -0.25) is 0 Å². The molecule has 1 aliphatic heterocycles. The fourth-order valence-electron chi connectivity index (χ4n) is 2.03. The quantitative estimate of drug-likeness (QED) is 0.801. The second-order valence-electron chi connectivity index (χ2n) is 3.73. The summed E-state index contributed by atoms with van der Waals surface area (Å²) < 4.78 is 5.45. The molecule has 3 nitrogen and oxygen atoms in total. The minimum absolute atomic E-state index is 0.220. The van der Waals surface area contributed by atoms with Gasteiger partial charge in [0.2, 0.25) is 0 Å². The molecule has 3 heterocycles. The van der Waals surface area contributed by atoms with E-state index < -0.39 is 0 Å². The van der Waals surface area contributed by atoms with Crippen LogP contribution in [0.2, 0.25) is 0 Å². The van der Waals surface area contributed by atoms with Gasteiger partial charge in [-0.2, -0.15) is 0 Å². The molecule has 1 atom stereocenters. The zero-order valence-corrected chi connectivity index (χ0v) is 9.30. The van der Waals surface area contributed by atoms with Crippen LogP contribution in [-0.2, 0) is 6.42 Å². The van der Waals surface area contributed by atoms with E-state index in [0.29, 0.717) is 0 Å². The summed E-state index contributed by atoms with van der Waals surface area (Å²) in [4.78, 5) is 4.53. The molecule has 78 valence electrons. The Balaban J connectivity index is 2.02.